The van der Waals surface area contributed by atoms with Crippen LogP contribution in [0.3, 0.4) is 0 Å². The van der Waals surface area contributed by atoms with Gasteiger partial charge in [-0.3, -0.25) is 0 Å². The van der Waals surface area contributed by atoms with Gasteiger partial charge in [0.1, 0.15) is 11.6 Å². The molecule has 2 aliphatic heterocycles. The lowest BCUT2D eigenvalue weighted by molar-refractivity contribution is 0.0277. The zero-order valence-electron chi connectivity index (χ0n) is 19.3. The standard InChI is InChI=1S/C26H32N4O2/c1-5-29(4)25-23(26(2,3)21-9-8-16-31-21)22(20(17-27)24(28)32-25)18-10-12-19(13-11-18)30-14-6-7-15-30/h6-7,10-15,21-22H,5,8-9,16,28H2,1-4H3. The predicted octanol–water partition coefficient (Wildman–Crippen LogP) is 4.65. The largest absolute Gasteiger partial charge is 0.424 e. The van der Waals surface area contributed by atoms with E-state index in [0.29, 0.717) is 5.57 Å². The van der Waals surface area contributed by atoms with Crippen molar-refractivity contribution < 1.29 is 9.47 Å². The Bertz CT molecular complexity index is 1050. The van der Waals surface area contributed by atoms with Gasteiger partial charge in [-0.15, -0.1) is 0 Å². The molecule has 0 bridgehead atoms. The topological polar surface area (TPSA) is 76.4 Å². The molecule has 2 atom stereocenters. The molecule has 1 aromatic heterocycles. The number of hydrogen-bond donors (Lipinski definition) is 1. The molecule has 0 spiro atoms. The number of aromatic nitrogens is 1. The second-order valence-corrected chi connectivity index (χ2v) is 9.06. The van der Waals surface area contributed by atoms with Crippen molar-refractivity contribution >= 4 is 0 Å². The van der Waals surface area contributed by atoms with Crippen LogP contribution in [0, 0.1) is 16.7 Å². The number of rotatable bonds is 6. The zero-order chi connectivity index (χ0) is 22.9. The lowest BCUT2D eigenvalue weighted by Gasteiger charge is -2.42. The summed E-state index contributed by atoms with van der Waals surface area (Å²) in [4.78, 5) is 2.06. The molecule has 32 heavy (non-hydrogen) atoms. The van der Waals surface area contributed by atoms with E-state index in [1.54, 1.807) is 0 Å². The highest BCUT2D eigenvalue weighted by molar-refractivity contribution is 5.52. The molecule has 0 amide bonds. The summed E-state index contributed by atoms with van der Waals surface area (Å²) in [5, 5.41) is 10.1. The number of nitrogens with zero attached hydrogens (tertiary/aromatic N) is 3. The van der Waals surface area contributed by atoms with Crippen molar-refractivity contribution in [2.45, 2.75) is 45.6 Å². The smallest absolute Gasteiger partial charge is 0.207 e. The summed E-state index contributed by atoms with van der Waals surface area (Å²) >= 11 is 0. The molecule has 2 unspecified atom stereocenters. The maximum absolute atomic E-state index is 10.1. The first kappa shape index (κ1) is 22.0. The zero-order valence-corrected chi connectivity index (χ0v) is 19.3. The highest BCUT2D eigenvalue weighted by atomic mass is 16.5. The molecule has 6 nitrogen and oxygen atoms in total. The first-order chi connectivity index (χ1) is 15.4. The molecule has 2 aromatic rings. The van der Waals surface area contributed by atoms with E-state index < -0.39 is 0 Å². The lowest BCUT2D eigenvalue weighted by Crippen LogP contribution is -2.40. The Labute approximate surface area is 190 Å². The van der Waals surface area contributed by atoms with Gasteiger partial charge < -0.3 is 24.7 Å². The van der Waals surface area contributed by atoms with Crippen molar-refractivity contribution in [3.63, 3.8) is 0 Å². The van der Waals surface area contributed by atoms with Crippen molar-refractivity contribution in [1.29, 1.82) is 5.26 Å². The van der Waals surface area contributed by atoms with Crippen molar-refractivity contribution in [2.75, 3.05) is 20.2 Å². The fourth-order valence-corrected chi connectivity index (χ4v) is 4.82. The van der Waals surface area contributed by atoms with Crippen molar-refractivity contribution in [3.8, 4) is 11.8 Å². The molecule has 2 N–H and O–H groups in total. The molecular formula is C26H32N4O2. The van der Waals surface area contributed by atoms with Crippen LogP contribution >= 0.6 is 0 Å². The second kappa shape index (κ2) is 8.76. The van der Waals surface area contributed by atoms with Crippen LogP contribution in [-0.4, -0.2) is 35.8 Å². The third kappa shape index (κ3) is 3.78. The van der Waals surface area contributed by atoms with E-state index in [-0.39, 0.29) is 23.3 Å². The third-order valence-electron chi connectivity index (χ3n) is 6.78. The van der Waals surface area contributed by atoms with Gasteiger partial charge in [0.05, 0.1) is 12.0 Å². The highest BCUT2D eigenvalue weighted by Crippen LogP contribution is 2.51. The molecule has 2 aliphatic rings. The first-order valence-corrected chi connectivity index (χ1v) is 11.3. The lowest BCUT2D eigenvalue weighted by atomic mass is 9.68. The second-order valence-electron chi connectivity index (χ2n) is 9.06. The van der Waals surface area contributed by atoms with Crippen LogP contribution in [0.15, 0.2) is 71.7 Å². The SMILES string of the molecule is CCN(C)C1=C(C(C)(C)C2CCCO2)C(c2ccc(-n3cccc3)cc2)C(C#N)=C(N)O1. The minimum Gasteiger partial charge on any atom is -0.424 e. The molecular weight excluding hydrogens is 400 g/mol. The predicted molar refractivity (Wildman–Crippen MR) is 125 cm³/mol. The molecule has 1 aromatic carbocycles. The Balaban J connectivity index is 1.87. The Kier molecular flexibility index (Phi) is 6.03. The number of hydrogen-bond acceptors (Lipinski definition) is 5. The van der Waals surface area contributed by atoms with Crippen LogP contribution in [0.5, 0.6) is 0 Å². The maximum atomic E-state index is 10.1. The van der Waals surface area contributed by atoms with Gasteiger partial charge in [0.15, 0.2) is 5.88 Å². The Morgan fingerprint density at radius 2 is 1.91 bits per heavy atom. The van der Waals surface area contributed by atoms with Crippen molar-refractivity contribution in [3.05, 3.63) is 77.3 Å². The molecule has 1 fully saturated rings. The molecule has 0 saturated carbocycles. The number of nitrogens with two attached hydrogens (primary N) is 1. The van der Waals surface area contributed by atoms with Gasteiger partial charge in [0, 0.05) is 49.3 Å². The first-order valence-electron chi connectivity index (χ1n) is 11.3. The van der Waals surface area contributed by atoms with E-state index in [2.05, 4.69) is 60.6 Å². The maximum Gasteiger partial charge on any atom is 0.207 e. The van der Waals surface area contributed by atoms with Crippen LogP contribution in [0.1, 0.15) is 45.1 Å². The molecule has 3 heterocycles. The molecule has 0 aliphatic carbocycles. The summed E-state index contributed by atoms with van der Waals surface area (Å²) < 4.78 is 14.3. The quantitative estimate of drug-likeness (QED) is 0.719. The van der Waals surface area contributed by atoms with Crippen LogP contribution in [-0.2, 0) is 9.47 Å². The van der Waals surface area contributed by atoms with E-state index in [9.17, 15) is 5.26 Å². The van der Waals surface area contributed by atoms with Crippen LogP contribution in [0.25, 0.3) is 5.69 Å². The summed E-state index contributed by atoms with van der Waals surface area (Å²) in [6, 6.07) is 14.7. The minimum absolute atomic E-state index is 0.0577. The summed E-state index contributed by atoms with van der Waals surface area (Å²) in [5.74, 6) is 0.605. The number of allylic oxidation sites excluding steroid dienone is 1. The molecule has 168 valence electrons. The summed E-state index contributed by atoms with van der Waals surface area (Å²) in [6.45, 7) is 7.99. The van der Waals surface area contributed by atoms with Gasteiger partial charge in [-0.1, -0.05) is 26.0 Å². The van der Waals surface area contributed by atoms with E-state index in [1.165, 1.54) is 0 Å². The van der Waals surface area contributed by atoms with Gasteiger partial charge in [0.25, 0.3) is 0 Å². The van der Waals surface area contributed by atoms with Crippen molar-refractivity contribution in [1.82, 2.24) is 9.47 Å². The van der Waals surface area contributed by atoms with Gasteiger partial charge in [-0.2, -0.15) is 5.26 Å². The number of nitriles is 1. The Morgan fingerprint density at radius 1 is 1.22 bits per heavy atom. The average molecular weight is 433 g/mol. The Hall–Kier alpha value is -3.17. The summed E-state index contributed by atoms with van der Waals surface area (Å²) in [5.41, 5.74) is 9.55. The highest BCUT2D eigenvalue weighted by Gasteiger charge is 2.46. The third-order valence-corrected chi connectivity index (χ3v) is 6.78. The molecule has 6 heteroatoms. The van der Waals surface area contributed by atoms with E-state index >= 15 is 0 Å². The summed E-state index contributed by atoms with van der Waals surface area (Å²) in [6.07, 6.45) is 6.12. The van der Waals surface area contributed by atoms with Gasteiger partial charge in [-0.05, 0) is 49.6 Å². The fourth-order valence-electron chi connectivity index (χ4n) is 4.82. The molecule has 1 saturated heterocycles. The monoisotopic (exact) mass is 432 g/mol. The van der Waals surface area contributed by atoms with Crippen LogP contribution in [0.2, 0.25) is 0 Å². The Morgan fingerprint density at radius 3 is 2.47 bits per heavy atom. The van der Waals surface area contributed by atoms with Gasteiger partial charge in [-0.25, -0.2) is 0 Å². The van der Waals surface area contributed by atoms with E-state index in [4.69, 9.17) is 15.2 Å². The summed E-state index contributed by atoms with van der Waals surface area (Å²) in [7, 11) is 2.00. The average Bonchev–Trinajstić information content (AvgIpc) is 3.52. The molecule has 0 radical (unpaired) electrons. The molecule has 4 rings (SSSR count). The van der Waals surface area contributed by atoms with E-state index in [0.717, 1.165) is 48.7 Å². The van der Waals surface area contributed by atoms with Crippen molar-refractivity contribution in [2.24, 2.45) is 11.1 Å². The number of benzene rings is 1. The normalized spacial score (nSPS) is 21.5. The van der Waals surface area contributed by atoms with E-state index in [1.807, 2.05) is 31.6 Å². The minimum atomic E-state index is -0.345. The van der Waals surface area contributed by atoms with Crippen LogP contribution < -0.4 is 5.73 Å². The fraction of sp³-hybridized carbons (Fsp3) is 0.423. The van der Waals surface area contributed by atoms with Gasteiger partial charge >= 0.3 is 0 Å². The number of ether oxygens (including phenoxy) is 2. The van der Waals surface area contributed by atoms with Gasteiger partial charge in [0.2, 0.25) is 5.88 Å². The van der Waals surface area contributed by atoms with Crippen LogP contribution in [0.4, 0.5) is 0 Å².